The molecule has 16 heavy (non-hydrogen) atoms. The SMILES string of the molecule is C=C(C(=O)O)C(C1=CCCC1)C1=CCCC1. The van der Waals surface area contributed by atoms with Crippen molar-refractivity contribution in [1.82, 2.24) is 0 Å². The Morgan fingerprint density at radius 3 is 2.00 bits per heavy atom. The molecule has 0 aromatic rings. The van der Waals surface area contributed by atoms with Crippen molar-refractivity contribution >= 4 is 5.97 Å². The van der Waals surface area contributed by atoms with Gasteiger partial charge in [-0.1, -0.05) is 29.9 Å². The molecule has 0 aromatic carbocycles. The summed E-state index contributed by atoms with van der Waals surface area (Å²) in [4.78, 5) is 11.1. The zero-order valence-corrected chi connectivity index (χ0v) is 9.54. The maximum absolute atomic E-state index is 11.1. The van der Waals surface area contributed by atoms with E-state index in [4.69, 9.17) is 5.11 Å². The van der Waals surface area contributed by atoms with E-state index in [-0.39, 0.29) is 5.92 Å². The molecule has 2 heteroatoms. The van der Waals surface area contributed by atoms with Crippen molar-refractivity contribution in [1.29, 1.82) is 0 Å². The molecule has 0 bridgehead atoms. The fourth-order valence-corrected chi connectivity index (χ4v) is 2.72. The third-order valence-corrected chi connectivity index (χ3v) is 3.52. The van der Waals surface area contributed by atoms with E-state index in [0.717, 1.165) is 38.5 Å². The van der Waals surface area contributed by atoms with Gasteiger partial charge >= 0.3 is 5.97 Å². The maximum atomic E-state index is 11.1. The number of carboxylic acids is 1. The van der Waals surface area contributed by atoms with E-state index in [2.05, 4.69) is 18.7 Å². The third kappa shape index (κ3) is 2.11. The molecule has 0 atom stereocenters. The molecule has 0 heterocycles. The Bertz CT molecular complexity index is 347. The first-order valence-electron chi connectivity index (χ1n) is 6.00. The van der Waals surface area contributed by atoms with Gasteiger partial charge in [0.25, 0.3) is 0 Å². The minimum absolute atomic E-state index is 0.0116. The van der Waals surface area contributed by atoms with Crippen LogP contribution in [0.25, 0.3) is 0 Å². The minimum atomic E-state index is -0.856. The molecular weight excluding hydrogens is 200 g/mol. The first-order valence-corrected chi connectivity index (χ1v) is 6.00. The van der Waals surface area contributed by atoms with Gasteiger partial charge in [-0.2, -0.15) is 0 Å². The van der Waals surface area contributed by atoms with E-state index >= 15 is 0 Å². The van der Waals surface area contributed by atoms with Crippen molar-refractivity contribution in [3.63, 3.8) is 0 Å². The Morgan fingerprint density at radius 2 is 1.69 bits per heavy atom. The van der Waals surface area contributed by atoms with Crippen LogP contribution >= 0.6 is 0 Å². The number of allylic oxidation sites excluding steroid dienone is 4. The highest BCUT2D eigenvalue weighted by Gasteiger charge is 2.28. The largest absolute Gasteiger partial charge is 0.478 e. The van der Waals surface area contributed by atoms with Crippen LogP contribution < -0.4 is 0 Å². The molecule has 1 N–H and O–H groups in total. The average Bonchev–Trinajstić information content (AvgIpc) is 2.89. The number of rotatable bonds is 4. The summed E-state index contributed by atoms with van der Waals surface area (Å²) >= 11 is 0. The predicted molar refractivity (Wildman–Crippen MR) is 64.1 cm³/mol. The summed E-state index contributed by atoms with van der Waals surface area (Å²) in [7, 11) is 0. The zero-order valence-electron chi connectivity index (χ0n) is 9.54. The van der Waals surface area contributed by atoms with Crippen molar-refractivity contribution in [3.8, 4) is 0 Å². The fraction of sp³-hybridized carbons (Fsp3) is 0.500. The Labute approximate surface area is 96.4 Å². The molecule has 0 fully saturated rings. The van der Waals surface area contributed by atoms with E-state index in [0.29, 0.717) is 5.57 Å². The number of aliphatic carboxylic acids is 1. The van der Waals surface area contributed by atoms with Crippen LogP contribution in [0.3, 0.4) is 0 Å². The van der Waals surface area contributed by atoms with Crippen LogP contribution in [0.2, 0.25) is 0 Å². The van der Waals surface area contributed by atoms with Gasteiger partial charge < -0.3 is 5.11 Å². The molecule has 2 aliphatic rings. The lowest BCUT2D eigenvalue weighted by molar-refractivity contribution is -0.133. The summed E-state index contributed by atoms with van der Waals surface area (Å²) in [6.45, 7) is 3.76. The summed E-state index contributed by atoms with van der Waals surface area (Å²) in [6, 6.07) is 0. The summed E-state index contributed by atoms with van der Waals surface area (Å²) in [6.07, 6.45) is 11.0. The number of carbonyl (C=O) groups is 1. The van der Waals surface area contributed by atoms with Gasteiger partial charge in [-0.15, -0.1) is 0 Å². The molecule has 0 aliphatic heterocycles. The number of hydrogen-bond donors (Lipinski definition) is 1. The van der Waals surface area contributed by atoms with Crippen LogP contribution in [0.15, 0.2) is 35.5 Å². The molecule has 2 rings (SSSR count). The molecule has 2 nitrogen and oxygen atoms in total. The fourth-order valence-electron chi connectivity index (χ4n) is 2.72. The number of hydrogen-bond acceptors (Lipinski definition) is 1. The summed E-state index contributed by atoms with van der Waals surface area (Å²) in [5.41, 5.74) is 2.90. The maximum Gasteiger partial charge on any atom is 0.331 e. The van der Waals surface area contributed by atoms with Gasteiger partial charge in [-0.25, -0.2) is 4.79 Å². The molecule has 0 saturated carbocycles. The van der Waals surface area contributed by atoms with Crippen LogP contribution in [-0.4, -0.2) is 11.1 Å². The predicted octanol–water partition coefficient (Wildman–Crippen LogP) is 3.46. The molecule has 0 unspecified atom stereocenters. The van der Waals surface area contributed by atoms with Crippen molar-refractivity contribution in [2.45, 2.75) is 38.5 Å². The van der Waals surface area contributed by atoms with Crippen molar-refractivity contribution in [2.24, 2.45) is 5.92 Å². The van der Waals surface area contributed by atoms with Crippen molar-refractivity contribution < 1.29 is 9.90 Å². The van der Waals surface area contributed by atoms with Gasteiger partial charge in [0.1, 0.15) is 0 Å². The monoisotopic (exact) mass is 218 g/mol. The second-order valence-electron chi connectivity index (χ2n) is 4.61. The van der Waals surface area contributed by atoms with E-state index in [1.54, 1.807) is 0 Å². The smallest absolute Gasteiger partial charge is 0.331 e. The highest BCUT2D eigenvalue weighted by atomic mass is 16.4. The van der Waals surface area contributed by atoms with Crippen molar-refractivity contribution in [2.75, 3.05) is 0 Å². The lowest BCUT2D eigenvalue weighted by Crippen LogP contribution is -2.15. The molecule has 0 saturated heterocycles. The van der Waals surface area contributed by atoms with Crippen LogP contribution in [0, 0.1) is 5.92 Å². The van der Waals surface area contributed by atoms with E-state index in [9.17, 15) is 4.79 Å². The molecule has 2 aliphatic carbocycles. The van der Waals surface area contributed by atoms with Gasteiger partial charge in [0, 0.05) is 11.5 Å². The average molecular weight is 218 g/mol. The Kier molecular flexibility index (Phi) is 3.28. The standard InChI is InChI=1S/C14H18O2/c1-10(14(15)16)13(11-6-2-3-7-11)12-8-4-5-9-12/h6,8,13H,1-5,7,9H2,(H,15,16). The van der Waals surface area contributed by atoms with Crippen molar-refractivity contribution in [3.05, 3.63) is 35.5 Å². The lowest BCUT2D eigenvalue weighted by Gasteiger charge is -2.20. The highest BCUT2D eigenvalue weighted by Crippen LogP contribution is 2.38. The molecule has 0 amide bonds. The zero-order chi connectivity index (χ0) is 11.5. The summed E-state index contributed by atoms with van der Waals surface area (Å²) < 4.78 is 0. The molecule has 0 spiro atoms. The normalized spacial score (nSPS) is 19.8. The van der Waals surface area contributed by atoms with Gasteiger partial charge in [0.2, 0.25) is 0 Å². The van der Waals surface area contributed by atoms with Crippen LogP contribution in [0.1, 0.15) is 38.5 Å². The second-order valence-corrected chi connectivity index (χ2v) is 4.61. The first-order chi connectivity index (χ1) is 7.70. The Balaban J connectivity index is 2.25. The molecule has 86 valence electrons. The third-order valence-electron chi connectivity index (χ3n) is 3.52. The van der Waals surface area contributed by atoms with E-state index in [1.807, 2.05) is 0 Å². The minimum Gasteiger partial charge on any atom is -0.478 e. The highest BCUT2D eigenvalue weighted by molar-refractivity contribution is 5.88. The molecule has 0 aromatic heterocycles. The lowest BCUT2D eigenvalue weighted by atomic mass is 9.84. The topological polar surface area (TPSA) is 37.3 Å². The van der Waals surface area contributed by atoms with Crippen LogP contribution in [-0.2, 0) is 4.79 Å². The Morgan fingerprint density at radius 1 is 1.19 bits per heavy atom. The quantitative estimate of drug-likeness (QED) is 0.579. The van der Waals surface area contributed by atoms with E-state index < -0.39 is 5.97 Å². The van der Waals surface area contributed by atoms with Gasteiger partial charge in [0.05, 0.1) is 0 Å². The number of carboxylic acid groups (broad SMARTS) is 1. The second kappa shape index (κ2) is 4.69. The molecular formula is C14H18O2. The van der Waals surface area contributed by atoms with Gasteiger partial charge in [-0.3, -0.25) is 0 Å². The Hall–Kier alpha value is -1.31. The molecule has 0 radical (unpaired) electrons. The van der Waals surface area contributed by atoms with Gasteiger partial charge in [0.15, 0.2) is 0 Å². The summed E-state index contributed by atoms with van der Waals surface area (Å²) in [5, 5.41) is 9.12. The van der Waals surface area contributed by atoms with Crippen LogP contribution in [0.5, 0.6) is 0 Å². The van der Waals surface area contributed by atoms with Crippen LogP contribution in [0.4, 0.5) is 0 Å². The van der Waals surface area contributed by atoms with E-state index in [1.165, 1.54) is 11.1 Å². The summed E-state index contributed by atoms with van der Waals surface area (Å²) in [5.74, 6) is -0.867. The van der Waals surface area contributed by atoms with Gasteiger partial charge in [-0.05, 0) is 38.5 Å². The first kappa shape index (κ1) is 11.2.